The van der Waals surface area contributed by atoms with Crippen LogP contribution in [0.5, 0.6) is 11.5 Å². The molecule has 1 N–H and O–H groups in total. The highest BCUT2D eigenvalue weighted by atomic mass is 19.1. The van der Waals surface area contributed by atoms with Crippen molar-refractivity contribution in [2.45, 2.75) is 43.9 Å². The van der Waals surface area contributed by atoms with Gasteiger partial charge in [0.1, 0.15) is 34.7 Å². The minimum absolute atomic E-state index is 0.161. The van der Waals surface area contributed by atoms with Crippen molar-refractivity contribution < 1.29 is 32.2 Å². The summed E-state index contributed by atoms with van der Waals surface area (Å²) in [4.78, 5) is 45.0. The van der Waals surface area contributed by atoms with E-state index in [0.717, 1.165) is 34.6 Å². The quantitative estimate of drug-likeness (QED) is 0.130. The normalized spacial score (nSPS) is 14.8. The Kier molecular flexibility index (Phi) is 10.6. The van der Waals surface area contributed by atoms with Crippen LogP contribution in [-0.2, 0) is 17.9 Å². The molecule has 2 aliphatic heterocycles. The molecule has 0 aliphatic carbocycles. The van der Waals surface area contributed by atoms with Gasteiger partial charge < -0.3 is 19.0 Å². The van der Waals surface area contributed by atoms with Crippen LogP contribution in [0.2, 0.25) is 0 Å². The first-order chi connectivity index (χ1) is 30.4. The lowest BCUT2D eigenvalue weighted by Crippen LogP contribution is -2.33. The Morgan fingerprint density at radius 2 is 0.968 bits per heavy atom. The van der Waals surface area contributed by atoms with E-state index < -0.39 is 28.6 Å². The molecule has 4 aromatic heterocycles. The van der Waals surface area contributed by atoms with Crippen LogP contribution in [0.15, 0.2) is 144 Å². The van der Waals surface area contributed by atoms with Gasteiger partial charge in [-0.3, -0.25) is 23.7 Å². The Morgan fingerprint density at radius 3 is 1.37 bits per heavy atom. The Labute approximate surface area is 354 Å². The molecule has 10 rings (SSSR count). The van der Waals surface area contributed by atoms with Crippen LogP contribution in [0, 0.1) is 23.3 Å². The highest BCUT2D eigenvalue weighted by molar-refractivity contribution is 5.73. The first-order valence-electron chi connectivity index (χ1n) is 19.6. The van der Waals surface area contributed by atoms with Gasteiger partial charge in [0, 0.05) is 56.6 Å². The molecule has 0 radical (unpaired) electrons. The summed E-state index contributed by atoms with van der Waals surface area (Å²) in [5, 5.41) is 19.2. The van der Waals surface area contributed by atoms with E-state index >= 15 is 0 Å². The Morgan fingerprint density at radius 1 is 0.603 bits per heavy atom. The van der Waals surface area contributed by atoms with Gasteiger partial charge in [0.05, 0.1) is 24.5 Å². The van der Waals surface area contributed by atoms with E-state index in [2.05, 4.69) is 20.2 Å². The van der Waals surface area contributed by atoms with Gasteiger partial charge in [-0.15, -0.1) is 0 Å². The lowest BCUT2D eigenvalue weighted by atomic mass is 9.84. The molecule has 0 saturated carbocycles. The molecule has 0 amide bonds. The van der Waals surface area contributed by atoms with E-state index in [9.17, 15) is 37.1 Å². The molecule has 0 saturated heterocycles. The second kappa shape index (κ2) is 16.5. The number of halogens is 4. The van der Waals surface area contributed by atoms with Crippen LogP contribution in [0.3, 0.4) is 0 Å². The van der Waals surface area contributed by atoms with Crippen molar-refractivity contribution in [1.29, 1.82) is 0 Å². The van der Waals surface area contributed by atoms with Gasteiger partial charge in [0.2, 0.25) is 16.6 Å². The average Bonchev–Trinajstić information content (AvgIpc) is 3.96. The van der Waals surface area contributed by atoms with Crippen molar-refractivity contribution >= 4 is 5.97 Å². The second-order valence-electron chi connectivity index (χ2n) is 15.0. The highest BCUT2D eigenvalue weighted by Gasteiger charge is 2.38. The zero-order valence-corrected chi connectivity index (χ0v) is 33.1. The average molecular weight is 855 g/mol. The van der Waals surface area contributed by atoms with E-state index in [1.807, 2.05) is 9.13 Å². The fraction of sp³-hybridized carbons (Fsp3) is 0.152. The van der Waals surface area contributed by atoms with Crippen molar-refractivity contribution in [2.75, 3.05) is 0 Å². The number of aromatic nitrogens is 8. The number of ether oxygens (including phenoxy) is 1. The van der Waals surface area contributed by atoms with Crippen LogP contribution in [0.25, 0.3) is 23.0 Å². The summed E-state index contributed by atoms with van der Waals surface area (Å²) in [6, 6.07) is 23.5. The maximum Gasteiger partial charge on any atom is 0.308 e. The van der Waals surface area contributed by atoms with Crippen LogP contribution in [0.4, 0.5) is 17.6 Å². The standard InChI is InChI=1S/C24H18F2N4O3.C22H16F2N4O2/c1-14(31)33-23-20(32)12-28-30-19(13-29-11-10-27-24(29)22(23)30)21(15-2-6-17(25)7-3-15)16-4-8-18(26)9-5-16;23-15-5-1-13(2-6-15)19(14-3-7-16(24)8-4-14)17-12-27-10-9-25-22(27)20-21(30)18(29)11-26-28(17)20/h2-12,19,21H,13H2,1H3;1-11,17,19,30H,12H2/t19-;17-/m11/s1. The topological polar surface area (TPSA) is 152 Å². The maximum atomic E-state index is 13.7. The number of rotatable bonds is 7. The van der Waals surface area contributed by atoms with Gasteiger partial charge in [-0.05, 0) is 70.8 Å². The highest BCUT2D eigenvalue weighted by Crippen LogP contribution is 2.44. The number of esters is 1. The van der Waals surface area contributed by atoms with Gasteiger partial charge >= 0.3 is 5.97 Å². The summed E-state index contributed by atoms with van der Waals surface area (Å²) >= 11 is 0. The van der Waals surface area contributed by atoms with E-state index in [0.29, 0.717) is 24.7 Å². The lowest BCUT2D eigenvalue weighted by Gasteiger charge is -2.35. The molecule has 4 aromatic carbocycles. The summed E-state index contributed by atoms with van der Waals surface area (Å²) in [5.74, 6) is -2.59. The predicted octanol–water partition coefficient (Wildman–Crippen LogP) is 7.17. The summed E-state index contributed by atoms with van der Waals surface area (Å²) in [6.07, 6.45) is 8.85. The molecule has 17 heteroatoms. The van der Waals surface area contributed by atoms with E-state index in [4.69, 9.17) is 4.74 Å². The van der Waals surface area contributed by atoms with Crippen LogP contribution in [0.1, 0.15) is 53.1 Å². The molecule has 0 bridgehead atoms. The molecule has 0 fully saturated rings. The molecular formula is C46H34F4N8O5. The third-order valence-corrected chi connectivity index (χ3v) is 11.1. The molecule has 63 heavy (non-hydrogen) atoms. The van der Waals surface area contributed by atoms with Gasteiger partial charge in [0.25, 0.3) is 0 Å². The SMILES string of the molecule is CC(=O)Oc1c2n(ncc1=O)[C@@H](C(c1ccc(F)cc1)c1ccc(F)cc1)Cn1ccnc1-2.O=c1cnn2c(c1O)-c1nccn1C[C@@H]2C(c1ccc(F)cc1)c1ccc(F)cc1. The maximum absolute atomic E-state index is 13.7. The number of carbonyl (C=O) groups excluding carboxylic acids is 1. The third kappa shape index (κ3) is 7.68. The molecular weight excluding hydrogens is 821 g/mol. The van der Waals surface area contributed by atoms with E-state index in [-0.39, 0.29) is 58.3 Å². The zero-order valence-electron chi connectivity index (χ0n) is 33.1. The van der Waals surface area contributed by atoms with Gasteiger partial charge in [-0.2, -0.15) is 10.2 Å². The van der Waals surface area contributed by atoms with Crippen LogP contribution < -0.4 is 15.6 Å². The number of benzene rings is 4. The van der Waals surface area contributed by atoms with Crippen molar-refractivity contribution in [1.82, 2.24) is 38.7 Å². The Balaban J connectivity index is 0.000000161. The summed E-state index contributed by atoms with van der Waals surface area (Å²) in [6.45, 7) is 2.07. The summed E-state index contributed by atoms with van der Waals surface area (Å²) in [5.41, 5.74) is 2.48. The number of imidazole rings is 2. The molecule has 6 heterocycles. The predicted molar refractivity (Wildman–Crippen MR) is 220 cm³/mol. The lowest BCUT2D eigenvalue weighted by molar-refractivity contribution is -0.131. The first-order valence-corrected chi connectivity index (χ1v) is 19.6. The summed E-state index contributed by atoms with van der Waals surface area (Å²) < 4.78 is 66.7. The molecule has 0 spiro atoms. The first kappa shape index (κ1) is 40.5. The minimum Gasteiger partial charge on any atom is -0.503 e. The van der Waals surface area contributed by atoms with Crippen LogP contribution >= 0.6 is 0 Å². The zero-order chi connectivity index (χ0) is 43.9. The number of hydrogen-bond donors (Lipinski definition) is 1. The van der Waals surface area contributed by atoms with Crippen molar-refractivity contribution in [3.63, 3.8) is 0 Å². The molecule has 2 aliphatic rings. The van der Waals surface area contributed by atoms with Crippen molar-refractivity contribution in [3.8, 4) is 34.5 Å². The van der Waals surface area contributed by atoms with Crippen molar-refractivity contribution in [3.05, 3.63) is 200 Å². The number of nitrogens with zero attached hydrogens (tertiary/aromatic N) is 8. The van der Waals surface area contributed by atoms with Gasteiger partial charge in [-0.1, -0.05) is 48.5 Å². The second-order valence-corrected chi connectivity index (χ2v) is 15.0. The summed E-state index contributed by atoms with van der Waals surface area (Å²) in [7, 11) is 0. The van der Waals surface area contributed by atoms with Crippen molar-refractivity contribution in [2.24, 2.45) is 0 Å². The van der Waals surface area contributed by atoms with E-state index in [1.165, 1.54) is 55.5 Å². The number of hydrogen-bond acceptors (Lipinski definition) is 9. The molecule has 13 nitrogen and oxygen atoms in total. The molecule has 0 unspecified atom stereocenters. The van der Waals surface area contributed by atoms with Gasteiger partial charge in [0.15, 0.2) is 17.4 Å². The van der Waals surface area contributed by atoms with Gasteiger partial charge in [-0.25, -0.2) is 27.5 Å². The number of carbonyl (C=O) groups is 1. The number of fused-ring (bicyclic) bond motifs is 6. The Hall–Kier alpha value is -7.95. The molecule has 2 atom stereocenters. The Bertz CT molecular complexity index is 3000. The smallest absolute Gasteiger partial charge is 0.308 e. The fourth-order valence-electron chi connectivity index (χ4n) is 8.42. The monoisotopic (exact) mass is 854 g/mol. The molecule has 316 valence electrons. The fourth-order valence-corrected chi connectivity index (χ4v) is 8.42. The minimum atomic E-state index is -0.644. The van der Waals surface area contributed by atoms with E-state index in [1.54, 1.807) is 82.7 Å². The largest absolute Gasteiger partial charge is 0.503 e. The third-order valence-electron chi connectivity index (χ3n) is 11.1. The molecule has 8 aromatic rings. The number of aromatic hydroxyl groups is 1. The van der Waals surface area contributed by atoms with Crippen LogP contribution in [-0.4, -0.2) is 49.7 Å².